The Bertz CT molecular complexity index is 946. The maximum atomic E-state index is 10.3. The second kappa shape index (κ2) is 3.92. The van der Waals surface area contributed by atoms with Crippen LogP contribution in [0.25, 0.3) is 33.1 Å². The van der Waals surface area contributed by atoms with Crippen molar-refractivity contribution in [1.29, 1.82) is 0 Å². The van der Waals surface area contributed by atoms with Gasteiger partial charge in [0.2, 0.25) is 5.88 Å². The molecule has 2 aromatic heterocycles. The van der Waals surface area contributed by atoms with E-state index in [1.54, 1.807) is 42.5 Å². The van der Waals surface area contributed by atoms with Crippen molar-refractivity contribution in [2.75, 3.05) is 0 Å². The number of hydrogen-bond acceptors (Lipinski definition) is 4. The minimum atomic E-state index is -0.0784. The normalized spacial score (nSPS) is 11.4. The predicted octanol–water partition coefficient (Wildman–Crippen LogP) is 2.83. The van der Waals surface area contributed by atoms with E-state index in [1.165, 1.54) is 0 Å². The molecule has 0 aliphatic heterocycles. The highest BCUT2D eigenvalue weighted by Crippen LogP contribution is 2.39. The Morgan fingerprint density at radius 2 is 1.81 bits per heavy atom. The number of hydrogen-bond donors (Lipinski definition) is 4. The fourth-order valence-electron chi connectivity index (χ4n) is 2.62. The number of benzene rings is 2. The van der Waals surface area contributed by atoms with Crippen molar-refractivity contribution >= 4 is 21.8 Å². The first-order valence-corrected chi connectivity index (χ1v) is 6.36. The third-order valence-electron chi connectivity index (χ3n) is 3.64. The molecule has 104 valence electrons. The number of rotatable bonds is 1. The summed E-state index contributed by atoms with van der Waals surface area (Å²) in [6.45, 7) is 0. The molecule has 2 heterocycles. The van der Waals surface area contributed by atoms with Crippen LogP contribution in [-0.4, -0.2) is 30.3 Å². The van der Waals surface area contributed by atoms with Crippen LogP contribution in [0.15, 0.2) is 42.5 Å². The summed E-state index contributed by atoms with van der Waals surface area (Å²) in [5.41, 5.74) is 2.06. The average molecular weight is 281 g/mol. The van der Waals surface area contributed by atoms with E-state index in [2.05, 4.69) is 10.2 Å². The molecule has 6 nitrogen and oxygen atoms in total. The molecule has 0 saturated heterocycles. The SMILES string of the molecule is Oc1n[nH]c2cc(-c3c(O)c4ccccc4n3O)ccc12. The summed E-state index contributed by atoms with van der Waals surface area (Å²) in [6.07, 6.45) is 0. The zero-order chi connectivity index (χ0) is 14.6. The van der Waals surface area contributed by atoms with Gasteiger partial charge in [0.05, 0.1) is 16.4 Å². The van der Waals surface area contributed by atoms with E-state index in [1.807, 2.05) is 0 Å². The number of aromatic amines is 1. The van der Waals surface area contributed by atoms with Gasteiger partial charge in [-0.15, -0.1) is 5.10 Å². The molecule has 0 spiro atoms. The number of nitrogens with one attached hydrogen (secondary N) is 1. The summed E-state index contributed by atoms with van der Waals surface area (Å²) in [4.78, 5) is 0. The molecule has 0 amide bonds. The van der Waals surface area contributed by atoms with Gasteiger partial charge in [-0.2, -0.15) is 4.73 Å². The Morgan fingerprint density at radius 3 is 2.62 bits per heavy atom. The number of aromatic nitrogens is 3. The molecule has 0 radical (unpaired) electrons. The molecular formula is C15H11N3O3. The maximum Gasteiger partial charge on any atom is 0.238 e. The van der Waals surface area contributed by atoms with Crippen LogP contribution in [0.2, 0.25) is 0 Å². The van der Waals surface area contributed by atoms with Crippen molar-refractivity contribution in [3.05, 3.63) is 42.5 Å². The minimum Gasteiger partial charge on any atom is -0.505 e. The smallest absolute Gasteiger partial charge is 0.238 e. The average Bonchev–Trinajstić information content (AvgIpc) is 2.99. The first kappa shape index (κ1) is 11.7. The van der Waals surface area contributed by atoms with Crippen molar-refractivity contribution in [2.45, 2.75) is 0 Å². The maximum absolute atomic E-state index is 10.3. The van der Waals surface area contributed by atoms with Crippen molar-refractivity contribution in [2.24, 2.45) is 0 Å². The first-order valence-electron chi connectivity index (χ1n) is 6.36. The first-order chi connectivity index (χ1) is 10.2. The monoisotopic (exact) mass is 281 g/mol. The highest BCUT2D eigenvalue weighted by atomic mass is 16.5. The van der Waals surface area contributed by atoms with Crippen LogP contribution < -0.4 is 0 Å². The van der Waals surface area contributed by atoms with Gasteiger partial charge in [-0.25, -0.2) is 0 Å². The Labute approximate surface area is 118 Å². The summed E-state index contributed by atoms with van der Waals surface area (Å²) < 4.78 is 0.960. The van der Waals surface area contributed by atoms with Crippen molar-refractivity contribution in [3.63, 3.8) is 0 Å². The van der Waals surface area contributed by atoms with Crippen LogP contribution >= 0.6 is 0 Å². The number of nitrogens with zero attached hydrogens (tertiary/aromatic N) is 2. The lowest BCUT2D eigenvalue weighted by atomic mass is 10.1. The van der Waals surface area contributed by atoms with Gasteiger partial charge in [0.1, 0.15) is 5.69 Å². The molecule has 4 aromatic rings. The van der Waals surface area contributed by atoms with Gasteiger partial charge in [-0.1, -0.05) is 18.2 Å². The van der Waals surface area contributed by atoms with E-state index in [4.69, 9.17) is 0 Å². The molecule has 0 aliphatic rings. The van der Waals surface area contributed by atoms with Crippen LogP contribution in [0.3, 0.4) is 0 Å². The zero-order valence-electron chi connectivity index (χ0n) is 10.8. The molecule has 0 atom stereocenters. The van der Waals surface area contributed by atoms with E-state index in [0.717, 1.165) is 4.73 Å². The lowest BCUT2D eigenvalue weighted by Crippen LogP contribution is -1.93. The van der Waals surface area contributed by atoms with Gasteiger partial charge in [-0.3, -0.25) is 5.10 Å². The molecule has 2 aromatic carbocycles. The van der Waals surface area contributed by atoms with Crippen LogP contribution in [0.1, 0.15) is 0 Å². The Kier molecular flexibility index (Phi) is 2.18. The van der Waals surface area contributed by atoms with Crippen LogP contribution in [-0.2, 0) is 0 Å². The Hall–Kier alpha value is -3.15. The predicted molar refractivity (Wildman–Crippen MR) is 77.5 cm³/mol. The molecule has 4 N–H and O–H groups in total. The number of fused-ring (bicyclic) bond motifs is 2. The summed E-state index contributed by atoms with van der Waals surface area (Å²) >= 11 is 0. The Morgan fingerprint density at radius 1 is 1.00 bits per heavy atom. The Balaban J connectivity index is 2.03. The van der Waals surface area contributed by atoms with Crippen LogP contribution in [0.4, 0.5) is 0 Å². The van der Waals surface area contributed by atoms with Crippen LogP contribution in [0.5, 0.6) is 11.6 Å². The van der Waals surface area contributed by atoms with E-state index >= 15 is 0 Å². The van der Waals surface area contributed by atoms with Gasteiger partial charge >= 0.3 is 0 Å². The van der Waals surface area contributed by atoms with Gasteiger partial charge in [0, 0.05) is 10.9 Å². The van der Waals surface area contributed by atoms with Gasteiger partial charge < -0.3 is 15.4 Å². The number of H-pyrrole nitrogens is 1. The summed E-state index contributed by atoms with van der Waals surface area (Å²) in [5.74, 6) is -0.0681. The molecular weight excluding hydrogens is 270 g/mol. The van der Waals surface area contributed by atoms with E-state index < -0.39 is 0 Å². The van der Waals surface area contributed by atoms with E-state index in [9.17, 15) is 15.4 Å². The van der Waals surface area contributed by atoms with E-state index in [-0.39, 0.29) is 11.6 Å². The number of aromatic hydroxyl groups is 2. The van der Waals surface area contributed by atoms with Gasteiger partial charge in [-0.05, 0) is 24.3 Å². The van der Waals surface area contributed by atoms with Crippen LogP contribution in [0, 0.1) is 0 Å². The van der Waals surface area contributed by atoms with Gasteiger partial charge in [0.25, 0.3) is 0 Å². The lowest BCUT2D eigenvalue weighted by Gasteiger charge is -2.03. The quantitative estimate of drug-likeness (QED) is 0.403. The minimum absolute atomic E-state index is 0.0104. The highest BCUT2D eigenvalue weighted by Gasteiger charge is 2.18. The molecule has 0 saturated carbocycles. The van der Waals surface area contributed by atoms with Crippen molar-refractivity contribution in [3.8, 4) is 22.9 Å². The molecule has 0 bridgehead atoms. The fourth-order valence-corrected chi connectivity index (χ4v) is 2.62. The zero-order valence-corrected chi connectivity index (χ0v) is 10.8. The van der Waals surface area contributed by atoms with E-state index in [0.29, 0.717) is 33.1 Å². The van der Waals surface area contributed by atoms with Crippen molar-refractivity contribution in [1.82, 2.24) is 14.9 Å². The largest absolute Gasteiger partial charge is 0.505 e. The second-order valence-electron chi connectivity index (χ2n) is 4.83. The topological polar surface area (TPSA) is 94.3 Å². The lowest BCUT2D eigenvalue weighted by molar-refractivity contribution is 0.203. The number of para-hydroxylation sites is 1. The third kappa shape index (κ3) is 1.50. The molecule has 4 rings (SSSR count). The third-order valence-corrected chi connectivity index (χ3v) is 3.64. The molecule has 0 unspecified atom stereocenters. The summed E-state index contributed by atoms with van der Waals surface area (Å²) in [7, 11) is 0. The summed E-state index contributed by atoms with van der Waals surface area (Å²) in [6, 6.07) is 12.1. The molecule has 0 fully saturated rings. The standard InChI is InChI=1S/C15H11N3O3/c19-14-10-3-1-2-4-12(10)18(21)13(14)8-5-6-9-11(7-8)16-17-15(9)20/h1-7,19,21H,(H2,16,17,20). The highest BCUT2D eigenvalue weighted by molar-refractivity contribution is 5.96. The van der Waals surface area contributed by atoms with Gasteiger partial charge in [0.15, 0.2) is 5.75 Å². The van der Waals surface area contributed by atoms with Crippen molar-refractivity contribution < 1.29 is 15.4 Å². The molecule has 0 aliphatic carbocycles. The molecule has 21 heavy (non-hydrogen) atoms. The summed E-state index contributed by atoms with van der Waals surface area (Å²) in [5, 5.41) is 37.7. The fraction of sp³-hybridized carbons (Fsp3) is 0. The second-order valence-corrected chi connectivity index (χ2v) is 4.83. The molecule has 6 heteroatoms.